The van der Waals surface area contributed by atoms with Crippen molar-refractivity contribution in [3.05, 3.63) is 34.4 Å². The molecule has 0 fully saturated rings. The molecular formula is C12H14N4O3. The highest BCUT2D eigenvalue weighted by Gasteiger charge is 2.11. The molecule has 19 heavy (non-hydrogen) atoms. The van der Waals surface area contributed by atoms with E-state index in [9.17, 15) is 14.9 Å². The van der Waals surface area contributed by atoms with Gasteiger partial charge in [0.25, 0.3) is 5.69 Å². The van der Waals surface area contributed by atoms with Crippen LogP contribution in [0.5, 0.6) is 0 Å². The number of carbonyl (C=O) groups is 1. The second-order valence-electron chi connectivity index (χ2n) is 3.87. The van der Waals surface area contributed by atoms with Crippen LogP contribution in [0.25, 0.3) is 0 Å². The number of nitrogens with zero attached hydrogens (tertiary/aromatic N) is 2. The summed E-state index contributed by atoms with van der Waals surface area (Å²) in [5.74, 6) is 0. The highest BCUT2D eigenvalue weighted by molar-refractivity contribution is 5.89. The number of rotatable bonds is 5. The Morgan fingerprint density at radius 3 is 2.58 bits per heavy atom. The molecular weight excluding hydrogens is 248 g/mol. The minimum Gasteiger partial charge on any atom is -0.322 e. The normalized spacial score (nSPS) is 11.2. The third-order valence-corrected chi connectivity index (χ3v) is 2.37. The summed E-state index contributed by atoms with van der Waals surface area (Å²) in [5.41, 5.74) is 0.378. The predicted octanol–water partition coefficient (Wildman–Crippen LogP) is 2.41. The molecule has 0 spiro atoms. The summed E-state index contributed by atoms with van der Waals surface area (Å²) in [5, 5.41) is 24.3. The van der Waals surface area contributed by atoms with Crippen LogP contribution >= 0.6 is 0 Å². The first-order valence-electron chi connectivity index (χ1n) is 5.78. The van der Waals surface area contributed by atoms with Crippen molar-refractivity contribution in [1.82, 2.24) is 5.32 Å². The van der Waals surface area contributed by atoms with Crippen LogP contribution in [0.4, 0.5) is 16.2 Å². The molecule has 7 nitrogen and oxygen atoms in total. The number of non-ortho nitro benzene ring substituents is 1. The summed E-state index contributed by atoms with van der Waals surface area (Å²) < 4.78 is 0. The zero-order chi connectivity index (χ0) is 14.3. The molecule has 1 aromatic rings. The van der Waals surface area contributed by atoms with Crippen LogP contribution in [0.15, 0.2) is 24.3 Å². The maximum Gasteiger partial charge on any atom is 0.320 e. The van der Waals surface area contributed by atoms with Gasteiger partial charge < -0.3 is 10.6 Å². The van der Waals surface area contributed by atoms with E-state index in [1.54, 1.807) is 0 Å². The largest absolute Gasteiger partial charge is 0.322 e. The second kappa shape index (κ2) is 6.96. The van der Waals surface area contributed by atoms with Gasteiger partial charge in [0.05, 0.1) is 11.0 Å². The number of anilines is 1. The SMILES string of the molecule is CCCC(C#N)NC(=O)Nc1ccc([N+](=O)[O-])cc1. The van der Waals surface area contributed by atoms with Gasteiger partial charge in [0, 0.05) is 17.8 Å². The Morgan fingerprint density at radius 1 is 1.47 bits per heavy atom. The fraction of sp³-hybridized carbons (Fsp3) is 0.333. The van der Waals surface area contributed by atoms with E-state index in [1.807, 2.05) is 13.0 Å². The van der Waals surface area contributed by atoms with Gasteiger partial charge in [-0.25, -0.2) is 4.79 Å². The van der Waals surface area contributed by atoms with E-state index in [-0.39, 0.29) is 5.69 Å². The average Bonchev–Trinajstić information content (AvgIpc) is 2.38. The summed E-state index contributed by atoms with van der Waals surface area (Å²) in [6.07, 6.45) is 1.36. The smallest absolute Gasteiger partial charge is 0.320 e. The van der Waals surface area contributed by atoms with Crippen LogP contribution in [0, 0.1) is 21.4 Å². The predicted molar refractivity (Wildman–Crippen MR) is 69.6 cm³/mol. The third kappa shape index (κ3) is 4.63. The van der Waals surface area contributed by atoms with E-state index >= 15 is 0 Å². The topological polar surface area (TPSA) is 108 Å². The molecule has 1 unspecified atom stereocenters. The van der Waals surface area contributed by atoms with Gasteiger partial charge in [0.1, 0.15) is 6.04 Å². The molecule has 0 aliphatic carbocycles. The number of urea groups is 1. The number of nitro groups is 1. The lowest BCUT2D eigenvalue weighted by atomic mass is 10.2. The number of nitro benzene ring substituents is 1. The Hall–Kier alpha value is -2.62. The molecule has 2 N–H and O–H groups in total. The van der Waals surface area contributed by atoms with Crippen LogP contribution in [-0.4, -0.2) is 17.0 Å². The Balaban J connectivity index is 2.57. The maximum atomic E-state index is 11.6. The van der Waals surface area contributed by atoms with Crippen molar-refractivity contribution in [2.24, 2.45) is 0 Å². The Bertz CT molecular complexity index is 493. The molecule has 1 atom stereocenters. The molecule has 2 amide bonds. The van der Waals surface area contributed by atoms with E-state index in [1.165, 1.54) is 24.3 Å². The lowest BCUT2D eigenvalue weighted by Crippen LogP contribution is -2.36. The van der Waals surface area contributed by atoms with Crippen molar-refractivity contribution in [2.75, 3.05) is 5.32 Å². The summed E-state index contributed by atoms with van der Waals surface area (Å²) in [7, 11) is 0. The van der Waals surface area contributed by atoms with Crippen LogP contribution < -0.4 is 10.6 Å². The molecule has 1 aromatic carbocycles. The van der Waals surface area contributed by atoms with Gasteiger partial charge in [-0.3, -0.25) is 10.1 Å². The van der Waals surface area contributed by atoms with Gasteiger partial charge in [-0.1, -0.05) is 13.3 Å². The van der Waals surface area contributed by atoms with Gasteiger partial charge in [-0.15, -0.1) is 0 Å². The van der Waals surface area contributed by atoms with Crippen LogP contribution in [0.3, 0.4) is 0 Å². The summed E-state index contributed by atoms with van der Waals surface area (Å²) in [6.45, 7) is 1.92. The van der Waals surface area contributed by atoms with Gasteiger partial charge in [-0.05, 0) is 18.6 Å². The molecule has 0 aliphatic rings. The van der Waals surface area contributed by atoms with Crippen molar-refractivity contribution in [2.45, 2.75) is 25.8 Å². The third-order valence-electron chi connectivity index (χ3n) is 2.37. The van der Waals surface area contributed by atoms with E-state index < -0.39 is 17.0 Å². The Labute approximate surface area is 110 Å². The van der Waals surface area contributed by atoms with Crippen molar-refractivity contribution in [3.8, 4) is 6.07 Å². The van der Waals surface area contributed by atoms with Gasteiger partial charge in [0.2, 0.25) is 0 Å². The monoisotopic (exact) mass is 262 g/mol. The zero-order valence-electron chi connectivity index (χ0n) is 10.4. The number of carbonyl (C=O) groups excluding carboxylic acids is 1. The molecule has 100 valence electrons. The fourth-order valence-electron chi connectivity index (χ4n) is 1.45. The molecule has 7 heteroatoms. The first-order chi connectivity index (χ1) is 9.06. The number of amides is 2. The minimum atomic E-state index is -0.539. The molecule has 0 saturated heterocycles. The summed E-state index contributed by atoms with van der Waals surface area (Å²) >= 11 is 0. The number of benzene rings is 1. The maximum absolute atomic E-state index is 11.6. The number of nitrogens with one attached hydrogen (secondary N) is 2. The van der Waals surface area contributed by atoms with Crippen molar-refractivity contribution >= 4 is 17.4 Å². The van der Waals surface area contributed by atoms with E-state index in [0.717, 1.165) is 6.42 Å². The first-order valence-corrected chi connectivity index (χ1v) is 5.78. The molecule has 0 radical (unpaired) electrons. The molecule has 0 aromatic heterocycles. The molecule has 0 saturated carbocycles. The van der Waals surface area contributed by atoms with Crippen molar-refractivity contribution < 1.29 is 9.72 Å². The second-order valence-corrected chi connectivity index (χ2v) is 3.87. The van der Waals surface area contributed by atoms with E-state index in [0.29, 0.717) is 12.1 Å². The number of nitriles is 1. The highest BCUT2D eigenvalue weighted by atomic mass is 16.6. The highest BCUT2D eigenvalue weighted by Crippen LogP contribution is 2.15. The Kier molecular flexibility index (Phi) is 5.29. The van der Waals surface area contributed by atoms with Crippen LogP contribution in [-0.2, 0) is 0 Å². The molecule has 0 aliphatic heterocycles. The van der Waals surface area contributed by atoms with Crippen LogP contribution in [0.1, 0.15) is 19.8 Å². The fourth-order valence-corrected chi connectivity index (χ4v) is 1.45. The van der Waals surface area contributed by atoms with E-state index in [2.05, 4.69) is 10.6 Å². The minimum absolute atomic E-state index is 0.0492. The standard InChI is InChI=1S/C12H14N4O3/c1-2-3-10(8-13)15-12(17)14-9-4-6-11(7-5-9)16(18)19/h4-7,10H,2-3H2,1H3,(H2,14,15,17). The van der Waals surface area contributed by atoms with Crippen molar-refractivity contribution in [3.63, 3.8) is 0 Å². The lowest BCUT2D eigenvalue weighted by molar-refractivity contribution is -0.384. The van der Waals surface area contributed by atoms with Gasteiger partial charge >= 0.3 is 6.03 Å². The van der Waals surface area contributed by atoms with Gasteiger partial charge in [0.15, 0.2) is 0 Å². The van der Waals surface area contributed by atoms with E-state index in [4.69, 9.17) is 5.26 Å². The molecule has 0 heterocycles. The Morgan fingerprint density at radius 2 is 2.11 bits per heavy atom. The first kappa shape index (κ1) is 14.4. The number of hydrogen-bond donors (Lipinski definition) is 2. The molecule has 1 rings (SSSR count). The summed E-state index contributed by atoms with van der Waals surface area (Å²) in [4.78, 5) is 21.5. The lowest BCUT2D eigenvalue weighted by Gasteiger charge is -2.11. The van der Waals surface area contributed by atoms with Crippen molar-refractivity contribution in [1.29, 1.82) is 5.26 Å². The van der Waals surface area contributed by atoms with Crippen LogP contribution in [0.2, 0.25) is 0 Å². The zero-order valence-corrected chi connectivity index (χ0v) is 10.4. The average molecular weight is 262 g/mol. The molecule has 0 bridgehead atoms. The van der Waals surface area contributed by atoms with Gasteiger partial charge in [-0.2, -0.15) is 5.26 Å². The summed E-state index contributed by atoms with van der Waals surface area (Å²) in [6, 6.07) is 6.39. The quantitative estimate of drug-likeness (QED) is 0.627. The number of hydrogen-bond acceptors (Lipinski definition) is 4.